The summed E-state index contributed by atoms with van der Waals surface area (Å²) in [5.74, 6) is 1.49. The van der Waals surface area contributed by atoms with Gasteiger partial charge >= 0.3 is 0 Å². The number of hydrogen-bond donors (Lipinski definition) is 1. The van der Waals surface area contributed by atoms with Crippen LogP contribution in [0, 0.1) is 0 Å². The Labute approximate surface area is 178 Å². The standard InChI is InChI=1S/C24H26N2O2.ClH/c1-27-23-10-8-19(13-24(23)28-17-20-4-3-11-25-16-20)15-26-14-18-7-9-21-5-2-6-22(21)12-18;/h3-4,7-13,16,26H,2,5-6,14-15,17H2,1H3;1H. The Morgan fingerprint density at radius 1 is 0.897 bits per heavy atom. The van der Waals surface area contributed by atoms with Crippen LogP contribution >= 0.6 is 12.4 Å². The highest BCUT2D eigenvalue weighted by molar-refractivity contribution is 5.85. The molecule has 0 spiro atoms. The van der Waals surface area contributed by atoms with E-state index in [0.717, 1.165) is 30.2 Å². The molecule has 1 N–H and O–H groups in total. The second-order valence-electron chi connectivity index (χ2n) is 7.20. The first-order valence-corrected chi connectivity index (χ1v) is 9.82. The maximum Gasteiger partial charge on any atom is 0.161 e. The summed E-state index contributed by atoms with van der Waals surface area (Å²) in [5, 5.41) is 3.54. The largest absolute Gasteiger partial charge is 0.493 e. The quantitative estimate of drug-likeness (QED) is 0.575. The van der Waals surface area contributed by atoms with Crippen molar-refractivity contribution in [3.63, 3.8) is 0 Å². The van der Waals surface area contributed by atoms with Gasteiger partial charge in [-0.3, -0.25) is 4.98 Å². The van der Waals surface area contributed by atoms with E-state index in [0.29, 0.717) is 6.61 Å². The number of ether oxygens (including phenoxy) is 2. The Balaban J connectivity index is 0.00000240. The number of rotatable bonds is 8. The maximum absolute atomic E-state index is 5.98. The lowest BCUT2D eigenvalue weighted by Crippen LogP contribution is -2.13. The minimum Gasteiger partial charge on any atom is -0.493 e. The van der Waals surface area contributed by atoms with Crippen LogP contribution in [0.4, 0.5) is 0 Å². The number of aryl methyl sites for hydroxylation is 2. The number of methoxy groups -OCH3 is 1. The van der Waals surface area contributed by atoms with Crippen molar-refractivity contribution >= 4 is 12.4 Å². The third-order valence-electron chi connectivity index (χ3n) is 5.17. The zero-order valence-corrected chi connectivity index (χ0v) is 17.5. The molecular weight excluding hydrogens is 384 g/mol. The topological polar surface area (TPSA) is 43.4 Å². The average molecular weight is 411 g/mol. The molecule has 1 aliphatic rings. The number of aromatic nitrogens is 1. The monoisotopic (exact) mass is 410 g/mol. The molecule has 2 aromatic carbocycles. The minimum absolute atomic E-state index is 0. The molecule has 3 aromatic rings. The summed E-state index contributed by atoms with van der Waals surface area (Å²) in [6.07, 6.45) is 7.32. The number of nitrogens with zero attached hydrogens (tertiary/aromatic N) is 1. The molecule has 0 bridgehead atoms. The summed E-state index contributed by atoms with van der Waals surface area (Å²) in [7, 11) is 1.66. The molecule has 1 heterocycles. The fourth-order valence-electron chi connectivity index (χ4n) is 3.67. The van der Waals surface area contributed by atoms with Crippen LogP contribution in [0.15, 0.2) is 60.9 Å². The number of halogens is 1. The molecule has 0 radical (unpaired) electrons. The molecule has 0 fully saturated rings. The highest BCUT2D eigenvalue weighted by Gasteiger charge is 2.11. The summed E-state index contributed by atoms with van der Waals surface area (Å²) in [6, 6.07) is 16.9. The third-order valence-corrected chi connectivity index (χ3v) is 5.17. The van der Waals surface area contributed by atoms with Gasteiger partial charge in [-0.2, -0.15) is 0 Å². The van der Waals surface area contributed by atoms with E-state index < -0.39 is 0 Å². The van der Waals surface area contributed by atoms with Crippen LogP contribution in [0.1, 0.15) is 34.2 Å². The van der Waals surface area contributed by atoms with Gasteiger partial charge in [0.05, 0.1) is 7.11 Å². The van der Waals surface area contributed by atoms with Crippen LogP contribution in [-0.2, 0) is 32.5 Å². The number of fused-ring (bicyclic) bond motifs is 1. The molecular formula is C24H27ClN2O2. The molecule has 152 valence electrons. The van der Waals surface area contributed by atoms with Gasteiger partial charge in [-0.15, -0.1) is 12.4 Å². The summed E-state index contributed by atoms with van der Waals surface area (Å²) < 4.78 is 11.4. The Morgan fingerprint density at radius 3 is 2.48 bits per heavy atom. The highest BCUT2D eigenvalue weighted by Crippen LogP contribution is 2.29. The van der Waals surface area contributed by atoms with Gasteiger partial charge in [-0.25, -0.2) is 0 Å². The van der Waals surface area contributed by atoms with E-state index in [4.69, 9.17) is 9.47 Å². The molecule has 4 nitrogen and oxygen atoms in total. The van der Waals surface area contributed by atoms with E-state index in [1.54, 1.807) is 13.3 Å². The predicted octanol–water partition coefficient (Wildman–Crippen LogP) is 4.87. The maximum atomic E-state index is 5.98. The van der Waals surface area contributed by atoms with E-state index in [1.807, 2.05) is 30.5 Å². The van der Waals surface area contributed by atoms with Crippen LogP contribution in [0.3, 0.4) is 0 Å². The molecule has 0 saturated heterocycles. The second kappa shape index (κ2) is 10.3. The number of pyridine rings is 1. The van der Waals surface area contributed by atoms with Crippen molar-refractivity contribution in [3.8, 4) is 11.5 Å². The number of hydrogen-bond acceptors (Lipinski definition) is 4. The van der Waals surface area contributed by atoms with Crippen molar-refractivity contribution in [1.82, 2.24) is 10.3 Å². The van der Waals surface area contributed by atoms with Crippen molar-refractivity contribution in [2.45, 2.75) is 39.0 Å². The zero-order valence-electron chi connectivity index (χ0n) is 16.7. The van der Waals surface area contributed by atoms with Gasteiger partial charge in [0, 0.05) is 31.0 Å². The lowest BCUT2D eigenvalue weighted by Gasteiger charge is -2.13. The molecule has 5 heteroatoms. The third kappa shape index (κ3) is 5.49. The Bertz CT molecular complexity index is 931. The van der Waals surface area contributed by atoms with Gasteiger partial charge in [0.25, 0.3) is 0 Å². The van der Waals surface area contributed by atoms with E-state index in [-0.39, 0.29) is 12.4 Å². The fourth-order valence-corrected chi connectivity index (χ4v) is 3.67. The lowest BCUT2D eigenvalue weighted by atomic mass is 10.1. The van der Waals surface area contributed by atoms with Crippen LogP contribution in [0.5, 0.6) is 11.5 Å². The van der Waals surface area contributed by atoms with Gasteiger partial charge in [0.15, 0.2) is 11.5 Å². The summed E-state index contributed by atoms with van der Waals surface area (Å²) in [6.45, 7) is 2.12. The molecule has 1 aromatic heterocycles. The van der Waals surface area contributed by atoms with E-state index >= 15 is 0 Å². The van der Waals surface area contributed by atoms with Crippen LogP contribution in [0.25, 0.3) is 0 Å². The average Bonchev–Trinajstić information content (AvgIpc) is 3.21. The summed E-state index contributed by atoms with van der Waals surface area (Å²) in [5.41, 5.74) is 6.60. The smallest absolute Gasteiger partial charge is 0.161 e. The van der Waals surface area contributed by atoms with Crippen molar-refractivity contribution in [1.29, 1.82) is 0 Å². The summed E-state index contributed by atoms with van der Waals surface area (Å²) in [4.78, 5) is 4.13. The fraction of sp³-hybridized carbons (Fsp3) is 0.292. The first kappa shape index (κ1) is 21.2. The second-order valence-corrected chi connectivity index (χ2v) is 7.20. The van der Waals surface area contributed by atoms with Gasteiger partial charge in [0.2, 0.25) is 0 Å². The molecule has 0 saturated carbocycles. The van der Waals surface area contributed by atoms with Gasteiger partial charge in [0.1, 0.15) is 6.61 Å². The molecule has 4 rings (SSSR count). The molecule has 29 heavy (non-hydrogen) atoms. The van der Waals surface area contributed by atoms with Gasteiger partial charge in [-0.05, 0) is 59.7 Å². The van der Waals surface area contributed by atoms with E-state index in [9.17, 15) is 0 Å². The Morgan fingerprint density at radius 2 is 1.69 bits per heavy atom. The first-order chi connectivity index (χ1) is 13.8. The van der Waals surface area contributed by atoms with Crippen LogP contribution in [-0.4, -0.2) is 12.1 Å². The predicted molar refractivity (Wildman–Crippen MR) is 118 cm³/mol. The first-order valence-electron chi connectivity index (χ1n) is 9.82. The Hall–Kier alpha value is -2.56. The normalized spacial score (nSPS) is 12.2. The molecule has 0 unspecified atom stereocenters. The Kier molecular flexibility index (Phi) is 7.50. The number of benzene rings is 2. The summed E-state index contributed by atoms with van der Waals surface area (Å²) >= 11 is 0. The zero-order chi connectivity index (χ0) is 19.2. The molecule has 0 atom stereocenters. The van der Waals surface area contributed by atoms with Gasteiger partial charge < -0.3 is 14.8 Å². The minimum atomic E-state index is 0. The van der Waals surface area contributed by atoms with E-state index in [2.05, 4.69) is 34.6 Å². The van der Waals surface area contributed by atoms with Crippen LogP contribution < -0.4 is 14.8 Å². The number of nitrogens with one attached hydrogen (secondary N) is 1. The van der Waals surface area contributed by atoms with Crippen molar-refractivity contribution in [2.75, 3.05) is 7.11 Å². The van der Waals surface area contributed by atoms with Crippen LogP contribution in [0.2, 0.25) is 0 Å². The van der Waals surface area contributed by atoms with Crippen molar-refractivity contribution in [3.05, 3.63) is 88.7 Å². The van der Waals surface area contributed by atoms with Crippen molar-refractivity contribution < 1.29 is 9.47 Å². The lowest BCUT2D eigenvalue weighted by molar-refractivity contribution is 0.283. The molecule has 0 amide bonds. The molecule has 1 aliphatic carbocycles. The highest BCUT2D eigenvalue weighted by atomic mass is 35.5. The SMILES string of the molecule is COc1ccc(CNCc2ccc3c(c2)CCC3)cc1OCc1cccnc1.Cl. The van der Waals surface area contributed by atoms with E-state index in [1.165, 1.54) is 41.5 Å². The van der Waals surface area contributed by atoms with Crippen molar-refractivity contribution in [2.24, 2.45) is 0 Å². The molecule has 0 aliphatic heterocycles. The van der Waals surface area contributed by atoms with Gasteiger partial charge in [-0.1, -0.05) is 30.3 Å².